The van der Waals surface area contributed by atoms with Gasteiger partial charge in [-0.2, -0.15) is 18.2 Å². The lowest BCUT2D eigenvalue weighted by atomic mass is 10.2. The van der Waals surface area contributed by atoms with Crippen molar-refractivity contribution >= 4 is 21.4 Å². The number of halogens is 3. The van der Waals surface area contributed by atoms with E-state index in [0.717, 1.165) is 0 Å². The molecule has 0 amide bonds. The van der Waals surface area contributed by atoms with Crippen LogP contribution < -0.4 is 10.1 Å². The van der Waals surface area contributed by atoms with E-state index in [1.54, 1.807) is 12.1 Å². The summed E-state index contributed by atoms with van der Waals surface area (Å²) in [4.78, 5) is 7.83. The quantitative estimate of drug-likeness (QED) is 0.577. The van der Waals surface area contributed by atoms with Gasteiger partial charge < -0.3 is 15.2 Å². The molecule has 0 saturated carbocycles. The molecule has 3 atom stereocenters. The van der Waals surface area contributed by atoms with Gasteiger partial charge in [0.1, 0.15) is 11.7 Å². The van der Waals surface area contributed by atoms with Crippen molar-refractivity contribution < 1.29 is 27.2 Å². The third-order valence-corrected chi connectivity index (χ3v) is 6.04. The summed E-state index contributed by atoms with van der Waals surface area (Å²) in [7, 11) is -2.88. The molecule has 1 aromatic heterocycles. The number of nitrogens with one attached hydrogen (secondary N) is 2. The summed E-state index contributed by atoms with van der Waals surface area (Å²) in [6.45, 7) is 4.65. The molecule has 7 nitrogen and oxygen atoms in total. The molecule has 1 heterocycles. The normalized spacial score (nSPS) is 16.0. The van der Waals surface area contributed by atoms with Crippen LogP contribution >= 0.6 is 0 Å². The fourth-order valence-corrected chi connectivity index (χ4v) is 3.66. The van der Waals surface area contributed by atoms with E-state index in [1.807, 2.05) is 6.92 Å². The zero-order valence-corrected chi connectivity index (χ0v) is 17.0. The first-order valence-corrected chi connectivity index (χ1v) is 10.6. The highest BCUT2D eigenvalue weighted by molar-refractivity contribution is 7.92. The molecule has 160 valence electrons. The van der Waals surface area contributed by atoms with E-state index in [0.29, 0.717) is 23.2 Å². The van der Waals surface area contributed by atoms with Gasteiger partial charge in [-0.15, -0.1) is 0 Å². The molecule has 0 aliphatic carbocycles. The maximum Gasteiger partial charge on any atom is 0.423 e. The molecule has 0 bridgehead atoms. The van der Waals surface area contributed by atoms with E-state index < -0.39 is 39.6 Å². The molecule has 29 heavy (non-hydrogen) atoms. The lowest BCUT2D eigenvalue weighted by Crippen LogP contribution is -2.27. The number of benzene rings is 1. The first-order valence-electron chi connectivity index (χ1n) is 8.86. The number of nitrogens with zero attached hydrogens (tertiary/aromatic N) is 2. The van der Waals surface area contributed by atoms with E-state index in [2.05, 4.69) is 15.3 Å². The maximum atomic E-state index is 13.2. The maximum absolute atomic E-state index is 13.2. The highest BCUT2D eigenvalue weighted by atomic mass is 32.2. The van der Waals surface area contributed by atoms with Crippen LogP contribution in [0.3, 0.4) is 0 Å². The molecule has 0 radical (unpaired) electrons. The second-order valence-corrected chi connectivity index (χ2v) is 8.73. The average molecular weight is 432 g/mol. The number of anilines is 2. The number of hydrogen-bond donors (Lipinski definition) is 3. The number of aromatic nitrogens is 2. The lowest BCUT2D eigenvalue weighted by Gasteiger charge is -2.20. The van der Waals surface area contributed by atoms with E-state index in [1.165, 1.54) is 26.0 Å². The Bertz CT molecular complexity index is 932. The molecule has 0 saturated heterocycles. The molecule has 0 unspecified atom stereocenters. The lowest BCUT2D eigenvalue weighted by molar-refractivity contribution is -0.140. The first kappa shape index (κ1) is 22.9. The number of ether oxygens (including phenoxy) is 1. The van der Waals surface area contributed by atoms with Gasteiger partial charge in [-0.1, -0.05) is 6.92 Å². The topological polar surface area (TPSA) is 108 Å². The molecule has 11 heteroatoms. The van der Waals surface area contributed by atoms with Gasteiger partial charge in [0, 0.05) is 22.5 Å². The minimum Gasteiger partial charge on any atom is -0.471 e. The fourth-order valence-electron chi connectivity index (χ4n) is 2.28. The van der Waals surface area contributed by atoms with Crippen LogP contribution in [0.4, 0.5) is 24.8 Å². The van der Waals surface area contributed by atoms with Crippen LogP contribution in [0.1, 0.15) is 32.8 Å². The third kappa shape index (κ3) is 6.04. The summed E-state index contributed by atoms with van der Waals surface area (Å²) in [5.41, 5.74) is -0.714. The highest BCUT2D eigenvalue weighted by Gasteiger charge is 2.37. The smallest absolute Gasteiger partial charge is 0.423 e. The summed E-state index contributed by atoms with van der Waals surface area (Å²) in [6.07, 6.45) is -5.43. The van der Waals surface area contributed by atoms with Crippen LogP contribution in [-0.4, -0.2) is 37.2 Å². The van der Waals surface area contributed by atoms with Gasteiger partial charge in [0.05, 0.1) is 15.8 Å². The minimum atomic E-state index is -4.72. The number of alkyl halides is 3. The molecule has 0 aliphatic rings. The van der Waals surface area contributed by atoms with Crippen molar-refractivity contribution in [3.8, 4) is 5.88 Å². The fraction of sp³-hybridized carbons (Fsp3) is 0.444. The van der Waals surface area contributed by atoms with Crippen molar-refractivity contribution in [1.29, 1.82) is 4.78 Å². The Morgan fingerprint density at radius 2 is 1.90 bits per heavy atom. The monoisotopic (exact) mass is 432 g/mol. The largest absolute Gasteiger partial charge is 0.471 e. The van der Waals surface area contributed by atoms with Gasteiger partial charge in [0.25, 0.3) is 0 Å². The summed E-state index contributed by atoms with van der Waals surface area (Å²) in [5, 5.41) is 12.3. The predicted molar refractivity (Wildman–Crippen MR) is 103 cm³/mol. The molecule has 3 N–H and O–H groups in total. The highest BCUT2D eigenvalue weighted by Crippen LogP contribution is 2.36. The zero-order valence-electron chi connectivity index (χ0n) is 16.2. The summed E-state index contributed by atoms with van der Waals surface area (Å²) >= 11 is 0. The van der Waals surface area contributed by atoms with Crippen molar-refractivity contribution in [1.82, 2.24) is 9.97 Å². The minimum absolute atomic E-state index is 0.140. The van der Waals surface area contributed by atoms with Gasteiger partial charge in [-0.3, -0.25) is 0 Å². The third-order valence-electron chi connectivity index (χ3n) is 4.02. The zero-order chi connectivity index (χ0) is 21.8. The Morgan fingerprint density at radius 3 is 2.41 bits per heavy atom. The molecule has 0 aliphatic heterocycles. The number of rotatable bonds is 8. The Morgan fingerprint density at radius 1 is 1.28 bits per heavy atom. The number of aliphatic hydroxyl groups is 1. The summed E-state index contributed by atoms with van der Waals surface area (Å²) in [5.74, 6) is -0.597. The van der Waals surface area contributed by atoms with Crippen molar-refractivity contribution in [3.05, 3.63) is 36.0 Å². The number of hydrogen-bond acceptors (Lipinski definition) is 7. The van der Waals surface area contributed by atoms with Gasteiger partial charge in [-0.05, 0) is 44.5 Å². The first-order chi connectivity index (χ1) is 13.4. The van der Waals surface area contributed by atoms with Crippen LogP contribution in [0, 0.1) is 4.78 Å². The van der Waals surface area contributed by atoms with Gasteiger partial charge >= 0.3 is 6.18 Å². The van der Waals surface area contributed by atoms with E-state index in [-0.39, 0.29) is 11.7 Å². The number of aliphatic hydroxyl groups excluding tert-OH is 1. The van der Waals surface area contributed by atoms with E-state index >= 15 is 0 Å². The Kier molecular flexibility index (Phi) is 7.06. The van der Waals surface area contributed by atoms with Crippen molar-refractivity contribution in [2.75, 3.05) is 11.1 Å². The Balaban J connectivity index is 2.29. The average Bonchev–Trinajstić information content (AvgIpc) is 2.61. The molecule has 1 aromatic carbocycles. The van der Waals surface area contributed by atoms with Crippen molar-refractivity contribution in [2.24, 2.45) is 0 Å². The van der Waals surface area contributed by atoms with Gasteiger partial charge in [0.2, 0.25) is 11.8 Å². The van der Waals surface area contributed by atoms with Crippen molar-refractivity contribution in [3.63, 3.8) is 0 Å². The van der Waals surface area contributed by atoms with Crippen LogP contribution in [0.15, 0.2) is 35.4 Å². The molecule has 0 spiro atoms. The van der Waals surface area contributed by atoms with Crippen molar-refractivity contribution in [2.45, 2.75) is 50.5 Å². The van der Waals surface area contributed by atoms with Crippen LogP contribution in [-0.2, 0) is 15.9 Å². The molecule has 2 aromatic rings. The predicted octanol–water partition coefficient (Wildman–Crippen LogP) is 4.20. The van der Waals surface area contributed by atoms with Crippen LogP contribution in [0.25, 0.3) is 0 Å². The second-order valence-electron chi connectivity index (χ2n) is 6.50. The Hall–Kier alpha value is -2.40. The molecule has 2 rings (SSSR count). The standard InChI is InChI=1S/C18H23F3N4O3S/c1-4-9-29(22,27)14-7-5-13(6-8-14)24-17-23-10-15(18(19,20)21)16(25-17)28-12(3)11(2)26/h5-8,10-12,22,26H,4,9H2,1-3H3,(H,23,24,25)/t11-,12-,29-/m1/s1. The van der Waals surface area contributed by atoms with E-state index in [9.17, 15) is 22.5 Å². The molecule has 0 fully saturated rings. The summed E-state index contributed by atoms with van der Waals surface area (Å²) in [6, 6.07) is 6.12. The molecular weight excluding hydrogens is 409 g/mol. The summed E-state index contributed by atoms with van der Waals surface area (Å²) < 4.78 is 64.9. The SMILES string of the molecule is CCC[S@@](=N)(=O)c1ccc(Nc2ncc(C(F)(F)F)c(O[C@H](C)[C@@H](C)O)n2)cc1. The molecular formula is C18H23F3N4O3S. The van der Waals surface area contributed by atoms with E-state index in [4.69, 9.17) is 9.52 Å². The second kappa shape index (κ2) is 8.95. The van der Waals surface area contributed by atoms with Gasteiger partial charge in [0.15, 0.2) is 0 Å². The van der Waals surface area contributed by atoms with Crippen LogP contribution in [0.5, 0.6) is 5.88 Å². The Labute approximate surface area is 167 Å². The van der Waals surface area contributed by atoms with Crippen LogP contribution in [0.2, 0.25) is 0 Å². The van der Waals surface area contributed by atoms with Gasteiger partial charge in [-0.25, -0.2) is 14.0 Å².